The summed E-state index contributed by atoms with van der Waals surface area (Å²) < 4.78 is 8.09. The number of benzene rings is 1. The smallest absolute Gasteiger partial charge is 0.172 e. The fourth-order valence-electron chi connectivity index (χ4n) is 4.38. The highest BCUT2D eigenvalue weighted by molar-refractivity contribution is 5.48. The van der Waals surface area contributed by atoms with E-state index in [0.29, 0.717) is 0 Å². The molecule has 0 amide bonds. The topological polar surface area (TPSA) is 13.1 Å². The molecule has 0 N–H and O–H groups in total. The highest BCUT2D eigenvalue weighted by Gasteiger charge is 2.00. The Morgan fingerprint density at radius 2 is 1.12 bits per heavy atom. The number of unbranched alkanes of at least 4 members (excludes halogenated alkanes) is 15. The summed E-state index contributed by atoms with van der Waals surface area (Å²) in [4.78, 5) is 0. The van der Waals surface area contributed by atoms with E-state index in [-0.39, 0.29) is 0 Å². The Morgan fingerprint density at radius 3 is 1.65 bits per heavy atom. The first-order valence-corrected chi connectivity index (χ1v) is 14.2. The molecule has 1 aromatic heterocycles. The van der Waals surface area contributed by atoms with Crippen molar-refractivity contribution in [3.05, 3.63) is 66.5 Å². The van der Waals surface area contributed by atoms with Crippen molar-refractivity contribution in [1.29, 1.82) is 0 Å². The molecule has 1 heterocycles. The van der Waals surface area contributed by atoms with Crippen LogP contribution in [0.2, 0.25) is 0 Å². The van der Waals surface area contributed by atoms with Gasteiger partial charge in [-0.2, -0.15) is 0 Å². The Balaban J connectivity index is 1.36. The van der Waals surface area contributed by atoms with Gasteiger partial charge >= 0.3 is 0 Å². The predicted octanol–water partition coefficient (Wildman–Crippen LogP) is 9.33. The van der Waals surface area contributed by atoms with Crippen molar-refractivity contribution in [3.8, 4) is 5.75 Å². The van der Waals surface area contributed by atoms with E-state index >= 15 is 0 Å². The molecule has 0 aliphatic heterocycles. The SMILES string of the molecule is CCCCCCCCCCCCCCCCCCOc1cc[n+](C/C=C/c2ccccc2)cc1. The summed E-state index contributed by atoms with van der Waals surface area (Å²) in [5.41, 5.74) is 1.24. The molecule has 34 heavy (non-hydrogen) atoms. The van der Waals surface area contributed by atoms with Gasteiger partial charge in [0.15, 0.2) is 18.9 Å². The number of ether oxygens (including phenoxy) is 1. The van der Waals surface area contributed by atoms with Gasteiger partial charge in [0.2, 0.25) is 0 Å². The van der Waals surface area contributed by atoms with Gasteiger partial charge in [-0.3, -0.25) is 0 Å². The van der Waals surface area contributed by atoms with E-state index in [2.05, 4.69) is 72.4 Å². The normalized spacial score (nSPS) is 11.3. The van der Waals surface area contributed by atoms with Crippen LogP contribution in [0, 0.1) is 0 Å². The van der Waals surface area contributed by atoms with Crippen molar-refractivity contribution < 1.29 is 9.30 Å². The van der Waals surface area contributed by atoms with E-state index in [0.717, 1.165) is 25.3 Å². The number of pyridine rings is 1. The summed E-state index contributed by atoms with van der Waals surface area (Å²) in [6.45, 7) is 3.99. The summed E-state index contributed by atoms with van der Waals surface area (Å²) >= 11 is 0. The minimum Gasteiger partial charge on any atom is -0.493 e. The summed E-state index contributed by atoms with van der Waals surface area (Å²) in [5.74, 6) is 0.976. The number of nitrogens with zero attached hydrogens (tertiary/aromatic N) is 1. The predicted molar refractivity (Wildman–Crippen MR) is 147 cm³/mol. The molecule has 2 heteroatoms. The van der Waals surface area contributed by atoms with Gasteiger partial charge in [0.05, 0.1) is 6.61 Å². The van der Waals surface area contributed by atoms with E-state index in [1.54, 1.807) is 0 Å². The summed E-state index contributed by atoms with van der Waals surface area (Å²) in [5, 5.41) is 0. The zero-order valence-corrected chi connectivity index (χ0v) is 21.9. The summed E-state index contributed by atoms with van der Waals surface area (Å²) in [6, 6.07) is 14.6. The van der Waals surface area contributed by atoms with Gasteiger partial charge in [0.1, 0.15) is 5.75 Å². The highest BCUT2D eigenvalue weighted by Crippen LogP contribution is 2.14. The maximum atomic E-state index is 5.92. The fraction of sp³-hybridized carbons (Fsp3) is 0.594. The maximum Gasteiger partial charge on any atom is 0.172 e. The van der Waals surface area contributed by atoms with Crippen LogP contribution < -0.4 is 9.30 Å². The van der Waals surface area contributed by atoms with Crippen LogP contribution in [0.3, 0.4) is 0 Å². The Labute approximate surface area is 210 Å². The van der Waals surface area contributed by atoms with E-state index in [1.165, 1.54) is 102 Å². The van der Waals surface area contributed by atoms with E-state index in [1.807, 2.05) is 6.07 Å². The fourth-order valence-corrected chi connectivity index (χ4v) is 4.38. The third-order valence-electron chi connectivity index (χ3n) is 6.55. The van der Waals surface area contributed by atoms with Crippen LogP contribution in [0.25, 0.3) is 6.08 Å². The molecule has 0 fully saturated rings. The summed E-state index contributed by atoms with van der Waals surface area (Å²) in [7, 11) is 0. The first kappa shape index (κ1) is 28.1. The summed E-state index contributed by atoms with van der Waals surface area (Å²) in [6.07, 6.45) is 31.0. The quantitative estimate of drug-likeness (QED) is 0.132. The molecule has 188 valence electrons. The van der Waals surface area contributed by atoms with Gasteiger partial charge in [0.25, 0.3) is 0 Å². The van der Waals surface area contributed by atoms with Gasteiger partial charge in [-0.1, -0.05) is 140 Å². The van der Waals surface area contributed by atoms with Crippen LogP contribution in [0.1, 0.15) is 115 Å². The van der Waals surface area contributed by atoms with Crippen molar-refractivity contribution in [1.82, 2.24) is 0 Å². The average Bonchev–Trinajstić information content (AvgIpc) is 2.87. The van der Waals surface area contributed by atoms with Gasteiger partial charge in [-0.15, -0.1) is 0 Å². The second kappa shape index (κ2) is 20.3. The average molecular weight is 465 g/mol. The van der Waals surface area contributed by atoms with Gasteiger partial charge in [0, 0.05) is 12.1 Å². The lowest BCUT2D eigenvalue weighted by Gasteiger charge is -2.06. The van der Waals surface area contributed by atoms with Crippen LogP contribution >= 0.6 is 0 Å². The molecule has 0 saturated heterocycles. The molecule has 2 aromatic rings. The first-order valence-electron chi connectivity index (χ1n) is 14.2. The number of hydrogen-bond donors (Lipinski definition) is 0. The van der Waals surface area contributed by atoms with E-state index in [4.69, 9.17) is 4.74 Å². The van der Waals surface area contributed by atoms with Gasteiger partial charge in [-0.25, -0.2) is 4.57 Å². The number of aromatic nitrogens is 1. The lowest BCUT2D eigenvalue weighted by molar-refractivity contribution is -0.686. The minimum atomic E-state index is 0.830. The zero-order chi connectivity index (χ0) is 23.9. The third kappa shape index (κ3) is 14.9. The third-order valence-corrected chi connectivity index (χ3v) is 6.55. The molecule has 1 aromatic carbocycles. The Kier molecular flexibility index (Phi) is 16.8. The molecule has 0 aliphatic rings. The van der Waals surface area contributed by atoms with Gasteiger partial charge in [-0.05, 0) is 18.1 Å². The highest BCUT2D eigenvalue weighted by atomic mass is 16.5. The first-order chi connectivity index (χ1) is 16.9. The molecule has 0 saturated carbocycles. The van der Waals surface area contributed by atoms with Gasteiger partial charge < -0.3 is 4.74 Å². The lowest BCUT2D eigenvalue weighted by Crippen LogP contribution is -2.31. The van der Waals surface area contributed by atoms with Crippen LogP contribution in [0.5, 0.6) is 5.75 Å². The molecule has 0 atom stereocenters. The second-order valence-corrected chi connectivity index (χ2v) is 9.70. The molecule has 0 unspecified atom stereocenters. The van der Waals surface area contributed by atoms with Crippen molar-refractivity contribution in [2.75, 3.05) is 6.61 Å². The monoisotopic (exact) mass is 464 g/mol. The standard InChI is InChI=1S/C32H50NO/c1-2-3-4-5-6-7-8-9-10-11-12-13-14-15-16-20-30-34-32-25-28-33(29-26-32)27-21-24-31-22-18-17-19-23-31/h17-19,21-26,28-29H,2-16,20,27,30H2,1H3/q+1/b24-21+. The van der Waals surface area contributed by atoms with Crippen molar-refractivity contribution in [2.45, 2.75) is 116 Å². The zero-order valence-electron chi connectivity index (χ0n) is 21.9. The van der Waals surface area contributed by atoms with Crippen LogP contribution in [0.15, 0.2) is 60.9 Å². The number of allylic oxidation sites excluding steroid dienone is 1. The number of rotatable bonds is 21. The Bertz CT molecular complexity index is 722. The van der Waals surface area contributed by atoms with E-state index < -0.39 is 0 Å². The van der Waals surface area contributed by atoms with E-state index in [9.17, 15) is 0 Å². The molecule has 0 spiro atoms. The van der Waals surface area contributed by atoms with Crippen LogP contribution in [0.4, 0.5) is 0 Å². The molecule has 2 rings (SSSR count). The molecule has 0 aliphatic carbocycles. The molecular formula is C32H50NO+. The Hall–Kier alpha value is -2.09. The van der Waals surface area contributed by atoms with Crippen molar-refractivity contribution in [2.24, 2.45) is 0 Å². The number of hydrogen-bond acceptors (Lipinski definition) is 1. The van der Waals surface area contributed by atoms with Crippen LogP contribution in [-0.2, 0) is 6.54 Å². The minimum absolute atomic E-state index is 0.830. The molecular weight excluding hydrogens is 414 g/mol. The molecule has 0 radical (unpaired) electrons. The molecule has 2 nitrogen and oxygen atoms in total. The van der Waals surface area contributed by atoms with Crippen molar-refractivity contribution >= 4 is 6.08 Å². The maximum absolute atomic E-state index is 5.92. The largest absolute Gasteiger partial charge is 0.493 e. The second-order valence-electron chi connectivity index (χ2n) is 9.70. The lowest BCUT2D eigenvalue weighted by atomic mass is 10.0. The van der Waals surface area contributed by atoms with Crippen LogP contribution in [-0.4, -0.2) is 6.61 Å². The Morgan fingerprint density at radius 1 is 0.618 bits per heavy atom. The molecule has 0 bridgehead atoms. The van der Waals surface area contributed by atoms with Crippen molar-refractivity contribution in [3.63, 3.8) is 0 Å².